The molecule has 0 unspecified atom stereocenters. The molecule has 0 saturated carbocycles. The van der Waals surface area contributed by atoms with Gasteiger partial charge in [-0.1, -0.05) is 19.9 Å². The monoisotopic (exact) mass is 520 g/mol. The summed E-state index contributed by atoms with van der Waals surface area (Å²) in [6.45, 7) is 9.56. The zero-order valence-corrected chi connectivity index (χ0v) is 21.6. The van der Waals surface area contributed by atoms with E-state index in [1.807, 2.05) is 19.1 Å². The van der Waals surface area contributed by atoms with Crippen LogP contribution in [0.5, 0.6) is 0 Å². The van der Waals surface area contributed by atoms with E-state index in [-0.39, 0.29) is 17.4 Å². The van der Waals surface area contributed by atoms with Gasteiger partial charge in [0.25, 0.3) is 0 Å². The molecule has 0 amide bonds. The van der Waals surface area contributed by atoms with E-state index in [9.17, 15) is 18.0 Å². The zero-order valence-electron chi connectivity index (χ0n) is 20.8. The maximum absolute atomic E-state index is 13.1. The Labute approximate surface area is 214 Å². The molecule has 3 rings (SSSR count). The molecule has 3 aromatic rings. The van der Waals surface area contributed by atoms with Crippen LogP contribution in [0.3, 0.4) is 0 Å². The molecule has 0 spiro atoms. The van der Waals surface area contributed by atoms with Crippen LogP contribution in [0.4, 0.5) is 30.2 Å². The van der Waals surface area contributed by atoms with Crippen molar-refractivity contribution >= 4 is 51.3 Å². The number of esters is 1. The van der Waals surface area contributed by atoms with E-state index in [0.29, 0.717) is 16.9 Å². The smallest absolute Gasteiger partial charge is 0.416 e. The molecule has 3 N–H and O–H groups in total. The van der Waals surface area contributed by atoms with Gasteiger partial charge in [-0.25, -0.2) is 4.79 Å². The van der Waals surface area contributed by atoms with Crippen molar-refractivity contribution in [2.24, 2.45) is 0 Å². The Kier molecular flexibility index (Phi) is 8.84. The number of carbonyl (C=O) groups excluding carboxylic acids is 1. The highest BCUT2D eigenvalue weighted by atomic mass is 32.1. The Balaban J connectivity index is 2.02. The first-order chi connectivity index (χ1) is 17.1. The van der Waals surface area contributed by atoms with Gasteiger partial charge in [0.15, 0.2) is 5.11 Å². The molecule has 0 aliphatic heterocycles. The van der Waals surface area contributed by atoms with Crippen molar-refractivity contribution in [3.8, 4) is 0 Å². The molecule has 0 aliphatic carbocycles. The van der Waals surface area contributed by atoms with E-state index in [1.54, 1.807) is 6.92 Å². The van der Waals surface area contributed by atoms with Crippen LogP contribution in [0, 0.1) is 6.92 Å². The highest BCUT2D eigenvalue weighted by Gasteiger charge is 2.30. The minimum absolute atomic E-state index is 0.150. The third kappa shape index (κ3) is 6.29. The number of nitrogens with one attached hydrogen (secondary N) is 3. The van der Waals surface area contributed by atoms with Gasteiger partial charge in [0, 0.05) is 35.4 Å². The summed E-state index contributed by atoms with van der Waals surface area (Å²) in [5, 5.41) is 6.89. The van der Waals surface area contributed by atoms with Crippen molar-refractivity contribution in [2.45, 2.75) is 46.7 Å². The van der Waals surface area contributed by atoms with E-state index < -0.39 is 17.7 Å². The highest BCUT2D eigenvalue weighted by molar-refractivity contribution is 7.80. The predicted molar refractivity (Wildman–Crippen MR) is 143 cm³/mol. The molecular formula is C26H31F3N4O2S. The number of anilines is 3. The lowest BCUT2D eigenvalue weighted by atomic mass is 10.1. The SMILES string of the molecule is CCCN(CCC)c1cc2c(C(=O)OCC)c(C)[nH]c2cc1NC(=S)Nc1cccc(C(F)(F)F)c1. The fourth-order valence-electron chi connectivity index (χ4n) is 4.14. The fraction of sp³-hybridized carbons (Fsp3) is 0.385. The standard InChI is InChI=1S/C26H31F3N4O2S/c1-5-11-33(12-6-2)22-14-19-20(30-16(4)23(19)24(34)35-7-3)15-21(22)32-25(36)31-18-10-8-9-17(13-18)26(27,28)29/h8-10,13-15,30H,5-7,11-12H2,1-4H3,(H2,31,32,36). The maximum Gasteiger partial charge on any atom is 0.416 e. The number of aromatic nitrogens is 1. The number of halogens is 3. The van der Waals surface area contributed by atoms with Gasteiger partial charge >= 0.3 is 12.1 Å². The first kappa shape index (κ1) is 27.3. The van der Waals surface area contributed by atoms with Crippen molar-refractivity contribution in [1.29, 1.82) is 0 Å². The summed E-state index contributed by atoms with van der Waals surface area (Å²) in [5.41, 5.74) is 2.86. The van der Waals surface area contributed by atoms with Gasteiger partial charge in [-0.05, 0) is 69.2 Å². The molecule has 0 aliphatic rings. The zero-order chi connectivity index (χ0) is 26.5. The van der Waals surface area contributed by atoms with E-state index in [1.165, 1.54) is 12.1 Å². The lowest BCUT2D eigenvalue weighted by Gasteiger charge is -2.27. The first-order valence-electron chi connectivity index (χ1n) is 11.9. The van der Waals surface area contributed by atoms with E-state index in [2.05, 4.69) is 34.4 Å². The minimum atomic E-state index is -4.45. The molecule has 1 heterocycles. The Morgan fingerprint density at radius 3 is 2.39 bits per heavy atom. The minimum Gasteiger partial charge on any atom is -0.462 e. The van der Waals surface area contributed by atoms with Crippen molar-refractivity contribution in [2.75, 3.05) is 35.2 Å². The van der Waals surface area contributed by atoms with Crippen molar-refractivity contribution in [3.63, 3.8) is 0 Å². The van der Waals surface area contributed by atoms with Gasteiger partial charge in [0.05, 0.1) is 29.1 Å². The van der Waals surface area contributed by atoms with E-state index >= 15 is 0 Å². The van der Waals surface area contributed by atoms with Gasteiger partial charge in [0.2, 0.25) is 0 Å². The lowest BCUT2D eigenvalue weighted by Crippen LogP contribution is -2.27. The number of thiocarbonyl (C=S) groups is 1. The summed E-state index contributed by atoms with van der Waals surface area (Å²) >= 11 is 5.45. The molecule has 0 bridgehead atoms. The van der Waals surface area contributed by atoms with Crippen molar-refractivity contribution in [3.05, 3.63) is 53.2 Å². The Morgan fingerprint density at radius 2 is 1.78 bits per heavy atom. The number of ether oxygens (including phenoxy) is 1. The number of aryl methyl sites for hydroxylation is 1. The second-order valence-electron chi connectivity index (χ2n) is 8.41. The number of H-pyrrole nitrogens is 1. The summed E-state index contributed by atoms with van der Waals surface area (Å²) < 4.78 is 44.6. The largest absolute Gasteiger partial charge is 0.462 e. The van der Waals surface area contributed by atoms with Crippen molar-refractivity contribution < 1.29 is 22.7 Å². The summed E-state index contributed by atoms with van der Waals surface area (Å²) in [7, 11) is 0. The number of rotatable bonds is 9. The summed E-state index contributed by atoms with van der Waals surface area (Å²) in [5.74, 6) is -0.396. The normalized spacial score (nSPS) is 11.4. The van der Waals surface area contributed by atoms with Crippen LogP contribution >= 0.6 is 12.2 Å². The number of hydrogen-bond acceptors (Lipinski definition) is 4. The van der Waals surface area contributed by atoms with Crippen LogP contribution < -0.4 is 15.5 Å². The molecular weight excluding hydrogens is 489 g/mol. The molecule has 0 saturated heterocycles. The molecule has 0 atom stereocenters. The Morgan fingerprint density at radius 1 is 1.08 bits per heavy atom. The van der Waals surface area contributed by atoms with Gasteiger partial charge < -0.3 is 25.3 Å². The summed E-state index contributed by atoms with van der Waals surface area (Å²) in [6, 6.07) is 8.67. The van der Waals surface area contributed by atoms with E-state index in [4.69, 9.17) is 17.0 Å². The van der Waals surface area contributed by atoms with Gasteiger partial charge in [0.1, 0.15) is 0 Å². The van der Waals surface area contributed by atoms with Crippen LogP contribution in [0.1, 0.15) is 55.2 Å². The molecule has 6 nitrogen and oxygen atoms in total. The Hall–Kier alpha value is -3.27. The van der Waals surface area contributed by atoms with Crippen LogP contribution in [0.15, 0.2) is 36.4 Å². The van der Waals surface area contributed by atoms with Crippen LogP contribution in [0.2, 0.25) is 0 Å². The summed E-state index contributed by atoms with van der Waals surface area (Å²) in [6.07, 6.45) is -2.64. The van der Waals surface area contributed by atoms with Gasteiger partial charge in [-0.3, -0.25) is 0 Å². The third-order valence-electron chi connectivity index (χ3n) is 5.61. The average Bonchev–Trinajstić information content (AvgIpc) is 3.12. The molecule has 2 aromatic carbocycles. The molecule has 0 fully saturated rings. The molecule has 0 radical (unpaired) electrons. The van der Waals surface area contributed by atoms with Gasteiger partial charge in [-0.15, -0.1) is 0 Å². The second kappa shape index (κ2) is 11.6. The topological polar surface area (TPSA) is 69.4 Å². The number of alkyl halides is 3. The Bertz CT molecular complexity index is 1230. The number of benzene rings is 2. The number of hydrogen-bond donors (Lipinski definition) is 3. The number of aromatic amines is 1. The first-order valence-corrected chi connectivity index (χ1v) is 12.3. The average molecular weight is 521 g/mol. The van der Waals surface area contributed by atoms with Crippen molar-refractivity contribution in [1.82, 2.24) is 4.98 Å². The number of fused-ring (bicyclic) bond motifs is 1. The summed E-state index contributed by atoms with van der Waals surface area (Å²) in [4.78, 5) is 18.1. The number of carbonyl (C=O) groups is 1. The molecule has 194 valence electrons. The van der Waals surface area contributed by atoms with E-state index in [0.717, 1.165) is 54.7 Å². The quantitative estimate of drug-likeness (QED) is 0.206. The lowest BCUT2D eigenvalue weighted by molar-refractivity contribution is -0.137. The predicted octanol–water partition coefficient (Wildman–Crippen LogP) is 7.11. The van der Waals surface area contributed by atoms with Crippen LogP contribution in [0.25, 0.3) is 10.9 Å². The maximum atomic E-state index is 13.1. The van der Waals surface area contributed by atoms with Crippen LogP contribution in [-0.2, 0) is 10.9 Å². The molecule has 36 heavy (non-hydrogen) atoms. The second-order valence-corrected chi connectivity index (χ2v) is 8.81. The third-order valence-corrected chi connectivity index (χ3v) is 5.81. The molecule has 1 aromatic heterocycles. The van der Waals surface area contributed by atoms with Gasteiger partial charge in [-0.2, -0.15) is 13.2 Å². The number of nitrogens with zero attached hydrogens (tertiary/aromatic N) is 1. The fourth-order valence-corrected chi connectivity index (χ4v) is 4.37. The molecule has 10 heteroatoms. The van der Waals surface area contributed by atoms with Crippen LogP contribution in [-0.4, -0.2) is 35.8 Å². The highest BCUT2D eigenvalue weighted by Crippen LogP contribution is 2.35.